The molecule has 13 atom stereocenters. The fraction of sp³-hybridized carbons (Fsp3) is 0.452. The summed E-state index contributed by atoms with van der Waals surface area (Å²) in [6.07, 6.45) is 1.17. The number of hydrogen-bond acceptors (Lipinski definition) is 20. The highest BCUT2D eigenvalue weighted by molar-refractivity contribution is 5.98. The van der Waals surface area contributed by atoms with Gasteiger partial charge in [0.05, 0.1) is 54.6 Å². The molecule has 0 aliphatic carbocycles. The highest BCUT2D eigenvalue weighted by atomic mass is 16.5. The van der Waals surface area contributed by atoms with Crippen LogP contribution >= 0.6 is 0 Å². The first-order chi connectivity index (χ1) is 55.3. The Morgan fingerprint density at radius 3 is 1.47 bits per heavy atom. The standard InChI is InChI=1S/C84H103N17O15/c1-47(85-9)72(102)91-70(83(3,4)5)79(109)98-43-60-37-68(98)76(106)87-64(35-51-19-25-53-15-11-13-17-55(53)31-51)74(104)89-66(78(108)97-39-57(40-97)81(111)112)33-49-21-27-62(28-22-49)115-45-58-41-101(95-93-58)61-38-69(99(44-61)80(110)71(84(6,7)8)92-73(103)48(2)86-10)77(107)88-65(36-52-20-26-54-16-12-14-18-56(54)32-52)75(105)90-67(82(113)114)34-50-23-29-63(30-24-50)116-46-59-42-100(60)96-94-59/h11-32,41-42,47-48,57,60-61,64-71,77,85-86,88,107H,33-40,43-46H2,1-10H3,(H,87,106)(H,89,104)(H,90,105)(H,91,102)(H,92,103)(H,111,112)(H,113,114). The molecule has 32 nitrogen and oxygen atoms in total. The number of likely N-dealkylation sites (N-methyl/N-ethyl adjacent to an activating group) is 2. The number of aliphatic carboxylic acids is 2. The van der Waals surface area contributed by atoms with Crippen LogP contribution in [0.5, 0.6) is 11.5 Å². The van der Waals surface area contributed by atoms with Gasteiger partial charge < -0.3 is 76.7 Å². The number of ether oxygens (including phenoxy) is 2. The lowest BCUT2D eigenvalue weighted by molar-refractivity contribution is -0.154. The van der Waals surface area contributed by atoms with Crippen LogP contribution in [0.25, 0.3) is 21.5 Å². The van der Waals surface area contributed by atoms with Gasteiger partial charge in [0, 0.05) is 51.9 Å². The van der Waals surface area contributed by atoms with Gasteiger partial charge in [-0.05, 0) is 120 Å². The molecular weight excluding hydrogens is 1490 g/mol. The SMILES string of the molecule is CNC(C)C(=O)NC(C(=O)N1CC2CC1C(=O)NC(Cc1ccc3ccccc3c1)C(=O)NC(C(=O)N1CC(C(=O)O)C1)Cc1ccc(cc1)OCc1cn(nn1)C1CC(C(O)NC(Cc3ccc4ccccc4c3)C(=O)NC(C(=O)O)Cc3ccc(cc3)OCc3cn2nn3)N(C(=O)C(NC(=O)C(C)NC)C(C)(C)C)C1)C(C)(C)C. The molecule has 3 saturated heterocycles. The summed E-state index contributed by atoms with van der Waals surface area (Å²) in [6.45, 7) is 13.5. The van der Waals surface area contributed by atoms with Crippen molar-refractivity contribution in [3.8, 4) is 11.5 Å². The molecule has 7 aliphatic rings. The molecule has 614 valence electrons. The number of aliphatic hydroxyl groups excluding tert-OH is 1. The van der Waals surface area contributed by atoms with E-state index in [9.17, 15) is 39.3 Å². The van der Waals surface area contributed by atoms with E-state index in [-0.39, 0.29) is 77.9 Å². The minimum Gasteiger partial charge on any atom is -0.487 e. The summed E-state index contributed by atoms with van der Waals surface area (Å²) in [7, 11) is 3.23. The van der Waals surface area contributed by atoms with E-state index in [1.165, 1.54) is 19.4 Å². The highest BCUT2D eigenvalue weighted by Gasteiger charge is 2.50. The lowest BCUT2D eigenvalue weighted by atomic mass is 9.85. The molecule has 6 aromatic carbocycles. The molecule has 0 spiro atoms. The van der Waals surface area contributed by atoms with Gasteiger partial charge in [0.2, 0.25) is 47.3 Å². The first kappa shape index (κ1) is 83.7. The Hall–Kier alpha value is -11.7. The summed E-state index contributed by atoms with van der Waals surface area (Å²) in [6, 6.07) is 26.9. The van der Waals surface area contributed by atoms with Crippen LogP contribution in [0.1, 0.15) is 114 Å². The number of fused-ring (bicyclic) bond motifs is 2. The lowest BCUT2D eigenvalue weighted by Crippen LogP contribution is -2.62. The fourth-order valence-corrected chi connectivity index (χ4v) is 15.1. The predicted octanol–water partition coefficient (Wildman–Crippen LogP) is 3.54. The maximum absolute atomic E-state index is 15.5. The molecule has 116 heavy (non-hydrogen) atoms. The van der Waals surface area contributed by atoms with E-state index in [0.29, 0.717) is 45.1 Å². The zero-order valence-electron chi connectivity index (χ0n) is 66.7. The zero-order valence-corrected chi connectivity index (χ0v) is 66.7. The number of carbonyl (C=O) groups is 10. The summed E-state index contributed by atoms with van der Waals surface area (Å²) in [5, 5.41) is 78.3. The van der Waals surface area contributed by atoms with Gasteiger partial charge in [-0.3, -0.25) is 48.5 Å². The van der Waals surface area contributed by atoms with Crippen molar-refractivity contribution in [2.75, 3.05) is 40.3 Å². The summed E-state index contributed by atoms with van der Waals surface area (Å²) >= 11 is 0. The van der Waals surface area contributed by atoms with Gasteiger partial charge >= 0.3 is 11.9 Å². The van der Waals surface area contributed by atoms with E-state index >= 15 is 24.0 Å². The zero-order chi connectivity index (χ0) is 83.0. The van der Waals surface area contributed by atoms with Gasteiger partial charge in [-0.15, -0.1) is 10.2 Å². The number of aromatic nitrogens is 6. The Morgan fingerprint density at radius 2 is 0.983 bits per heavy atom. The first-order valence-corrected chi connectivity index (χ1v) is 39.1. The Balaban J connectivity index is 0.887. The largest absolute Gasteiger partial charge is 0.487 e. The monoisotopic (exact) mass is 1590 g/mol. The van der Waals surface area contributed by atoms with Crippen molar-refractivity contribution in [3.63, 3.8) is 0 Å². The van der Waals surface area contributed by atoms with Gasteiger partial charge in [0.15, 0.2) is 0 Å². The molecule has 3 fully saturated rings. The van der Waals surface area contributed by atoms with E-state index in [2.05, 4.69) is 63.2 Å². The van der Waals surface area contributed by atoms with E-state index < -0.39 is 155 Å². The topological polar surface area (TPSA) is 417 Å². The normalized spacial score (nSPS) is 22.6. The third-order valence-electron chi connectivity index (χ3n) is 22.2. The van der Waals surface area contributed by atoms with E-state index in [1.807, 2.05) is 84.9 Å². The Labute approximate surface area is 671 Å². The quantitative estimate of drug-likeness (QED) is 0.0699. The Bertz CT molecular complexity index is 4920. The van der Waals surface area contributed by atoms with Crippen LogP contribution in [0, 0.1) is 16.7 Å². The lowest BCUT2D eigenvalue weighted by Gasteiger charge is -2.39. The number of nitrogens with one attached hydrogen (secondary N) is 8. The number of likely N-dealkylation sites (tertiary alicyclic amines) is 3. The van der Waals surface area contributed by atoms with Crippen molar-refractivity contribution in [2.24, 2.45) is 16.7 Å². The van der Waals surface area contributed by atoms with Gasteiger partial charge in [-0.2, -0.15) is 0 Å². The number of nitrogens with zero attached hydrogens (tertiary/aromatic N) is 9. The summed E-state index contributed by atoms with van der Waals surface area (Å²) in [5.74, 6) is -7.40. The maximum atomic E-state index is 15.5. The first-order valence-electron chi connectivity index (χ1n) is 39.1. The summed E-state index contributed by atoms with van der Waals surface area (Å²) in [5.41, 5.74) is 1.30. The van der Waals surface area contributed by atoms with E-state index in [1.54, 1.807) is 135 Å². The van der Waals surface area contributed by atoms with Crippen molar-refractivity contribution in [2.45, 2.75) is 186 Å². The molecule has 13 unspecified atom stereocenters. The highest BCUT2D eigenvalue weighted by Crippen LogP contribution is 2.35. The number of aliphatic hydroxyl groups is 1. The van der Waals surface area contributed by atoms with Crippen LogP contribution in [-0.4, -0.2) is 226 Å². The summed E-state index contributed by atoms with van der Waals surface area (Å²) in [4.78, 5) is 148. The number of benzene rings is 6. The minimum atomic E-state index is -1.66. The molecule has 2 aromatic heterocycles. The summed E-state index contributed by atoms with van der Waals surface area (Å²) < 4.78 is 15.6. The fourth-order valence-electron chi connectivity index (χ4n) is 15.1. The number of rotatable bonds is 15. The average Bonchev–Trinajstić information content (AvgIpc) is 1.68. The number of carboxylic acids is 2. The minimum absolute atomic E-state index is 0.0459. The van der Waals surface area contributed by atoms with Crippen molar-refractivity contribution in [3.05, 3.63) is 179 Å². The molecule has 11 N–H and O–H groups in total. The van der Waals surface area contributed by atoms with Crippen molar-refractivity contribution < 1.29 is 72.7 Å². The molecule has 8 amide bonds. The number of amides is 8. The second kappa shape index (κ2) is 36.0. The maximum Gasteiger partial charge on any atom is 0.326 e. The number of carbonyl (C=O) groups excluding carboxylic acids is 8. The Morgan fingerprint density at radius 1 is 0.534 bits per heavy atom. The van der Waals surface area contributed by atoms with Gasteiger partial charge in [-0.1, -0.05) is 161 Å². The van der Waals surface area contributed by atoms with E-state index in [4.69, 9.17) is 9.47 Å². The molecule has 0 radical (unpaired) electrons. The molecule has 9 heterocycles. The van der Waals surface area contributed by atoms with Crippen LogP contribution in [0.4, 0.5) is 0 Å². The van der Waals surface area contributed by atoms with Crippen LogP contribution in [-0.2, 0) is 86.8 Å². The van der Waals surface area contributed by atoms with Crippen LogP contribution in [0.2, 0.25) is 0 Å². The predicted molar refractivity (Wildman–Crippen MR) is 426 cm³/mol. The molecular formula is C84H103N17O15. The molecule has 8 aromatic rings. The van der Waals surface area contributed by atoms with E-state index in [0.717, 1.165) is 21.5 Å². The molecule has 7 aliphatic heterocycles. The molecule has 0 saturated carbocycles. The van der Waals surface area contributed by atoms with Crippen LogP contribution in [0.3, 0.4) is 0 Å². The molecule has 32 heteroatoms. The number of hydrogen-bond donors (Lipinski definition) is 11. The number of carboxylic acid groups (broad SMARTS) is 2. The van der Waals surface area contributed by atoms with Gasteiger partial charge in [-0.25, -0.2) is 14.2 Å². The van der Waals surface area contributed by atoms with Crippen LogP contribution < -0.4 is 52.0 Å². The third-order valence-corrected chi connectivity index (χ3v) is 22.2. The van der Waals surface area contributed by atoms with Crippen molar-refractivity contribution >= 4 is 80.7 Å². The second-order valence-corrected chi connectivity index (χ2v) is 32.9. The third kappa shape index (κ3) is 20.1. The Kier molecular flexibility index (Phi) is 25.9. The van der Waals surface area contributed by atoms with Crippen LogP contribution in [0.15, 0.2) is 146 Å². The van der Waals surface area contributed by atoms with Gasteiger partial charge in [0.25, 0.3) is 0 Å². The molecule has 12 bridgehead atoms. The average molecular weight is 1590 g/mol. The smallest absolute Gasteiger partial charge is 0.326 e. The van der Waals surface area contributed by atoms with Gasteiger partial charge in [0.1, 0.15) is 78.6 Å². The van der Waals surface area contributed by atoms with Crippen molar-refractivity contribution in [1.82, 2.24) is 87.2 Å². The second-order valence-electron chi connectivity index (χ2n) is 32.9. The molecule has 15 rings (SSSR count). The van der Waals surface area contributed by atoms with Crippen molar-refractivity contribution in [1.29, 1.82) is 0 Å².